The lowest BCUT2D eigenvalue weighted by Gasteiger charge is -2.17. The molecule has 1 heterocycles. The maximum Gasteiger partial charge on any atom is 0.257 e. The van der Waals surface area contributed by atoms with E-state index >= 15 is 0 Å². The van der Waals surface area contributed by atoms with E-state index in [1.165, 1.54) is 11.8 Å². The third kappa shape index (κ3) is 4.90. The largest absolute Gasteiger partial charge is 0.492 e. The predicted octanol–water partition coefficient (Wildman–Crippen LogP) is 4.11. The number of aromatic nitrogens is 1. The number of likely N-dealkylation sites (N-methyl/N-ethyl adjacent to an activating group) is 1. The van der Waals surface area contributed by atoms with Crippen LogP contribution in [0, 0.1) is 0 Å². The van der Waals surface area contributed by atoms with E-state index in [0.29, 0.717) is 23.4 Å². The molecule has 25 heavy (non-hydrogen) atoms. The van der Waals surface area contributed by atoms with Crippen molar-refractivity contribution in [3.8, 4) is 5.75 Å². The SMILES string of the molecule is CN(CCOc1ccc(Cl)cc1)C(=O)CSc1nc2ccccc2o1. The molecule has 1 amide bonds. The molecule has 3 aromatic rings. The van der Waals surface area contributed by atoms with Crippen LogP contribution in [-0.4, -0.2) is 41.7 Å². The summed E-state index contributed by atoms with van der Waals surface area (Å²) in [7, 11) is 1.75. The molecule has 0 radical (unpaired) electrons. The van der Waals surface area contributed by atoms with E-state index in [1.807, 2.05) is 24.3 Å². The number of oxazole rings is 1. The van der Waals surface area contributed by atoms with Crippen molar-refractivity contribution in [1.82, 2.24) is 9.88 Å². The Morgan fingerprint density at radius 3 is 2.76 bits per heavy atom. The normalized spacial score (nSPS) is 10.8. The fourth-order valence-corrected chi connectivity index (χ4v) is 3.01. The summed E-state index contributed by atoms with van der Waals surface area (Å²) >= 11 is 7.11. The van der Waals surface area contributed by atoms with Crippen molar-refractivity contribution >= 4 is 40.4 Å². The minimum absolute atomic E-state index is 0.00744. The van der Waals surface area contributed by atoms with Gasteiger partial charge in [-0.3, -0.25) is 4.79 Å². The Balaban J connectivity index is 1.43. The molecule has 0 atom stereocenters. The van der Waals surface area contributed by atoms with Crippen molar-refractivity contribution in [1.29, 1.82) is 0 Å². The summed E-state index contributed by atoms with van der Waals surface area (Å²) in [5.74, 6) is 0.989. The Morgan fingerprint density at radius 1 is 1.24 bits per heavy atom. The number of ether oxygens (including phenoxy) is 1. The molecule has 0 fully saturated rings. The number of benzene rings is 2. The molecule has 0 unspecified atom stereocenters. The van der Waals surface area contributed by atoms with Crippen LogP contribution in [0.5, 0.6) is 5.75 Å². The molecular formula is C18H17ClN2O3S. The van der Waals surface area contributed by atoms with Crippen molar-refractivity contribution in [3.63, 3.8) is 0 Å². The van der Waals surface area contributed by atoms with Crippen LogP contribution in [0.4, 0.5) is 0 Å². The fraction of sp³-hybridized carbons (Fsp3) is 0.222. The number of hydrogen-bond acceptors (Lipinski definition) is 5. The number of amides is 1. The van der Waals surface area contributed by atoms with Gasteiger partial charge in [0.2, 0.25) is 5.91 Å². The third-order valence-corrected chi connectivity index (χ3v) is 4.59. The Hall–Kier alpha value is -2.18. The average molecular weight is 377 g/mol. The number of fused-ring (bicyclic) bond motifs is 1. The van der Waals surface area contributed by atoms with Gasteiger partial charge in [0.25, 0.3) is 5.22 Å². The van der Waals surface area contributed by atoms with Gasteiger partial charge < -0.3 is 14.1 Å². The van der Waals surface area contributed by atoms with Crippen LogP contribution in [-0.2, 0) is 4.79 Å². The van der Waals surface area contributed by atoms with Gasteiger partial charge in [-0.2, -0.15) is 0 Å². The summed E-state index contributed by atoms with van der Waals surface area (Å²) in [6.45, 7) is 0.910. The number of rotatable bonds is 7. The zero-order valence-electron chi connectivity index (χ0n) is 13.6. The summed E-state index contributed by atoms with van der Waals surface area (Å²) in [6, 6.07) is 14.7. The monoisotopic (exact) mass is 376 g/mol. The highest BCUT2D eigenvalue weighted by Crippen LogP contribution is 2.23. The van der Waals surface area contributed by atoms with Crippen molar-refractivity contribution < 1.29 is 13.9 Å². The van der Waals surface area contributed by atoms with Crippen molar-refractivity contribution in [2.45, 2.75) is 5.22 Å². The number of nitrogens with zero attached hydrogens (tertiary/aromatic N) is 2. The Bertz CT molecular complexity index is 818. The highest BCUT2D eigenvalue weighted by Gasteiger charge is 2.12. The van der Waals surface area contributed by atoms with Gasteiger partial charge in [0.1, 0.15) is 17.9 Å². The quantitative estimate of drug-likeness (QED) is 0.581. The molecule has 5 nitrogen and oxygen atoms in total. The van der Waals surface area contributed by atoms with Gasteiger partial charge in [-0.05, 0) is 36.4 Å². The third-order valence-electron chi connectivity index (χ3n) is 3.53. The number of carbonyl (C=O) groups is 1. The first-order chi connectivity index (χ1) is 12.1. The molecule has 0 bridgehead atoms. The topological polar surface area (TPSA) is 55.6 Å². The lowest BCUT2D eigenvalue weighted by atomic mass is 10.3. The maximum atomic E-state index is 12.2. The maximum absolute atomic E-state index is 12.2. The molecule has 0 N–H and O–H groups in total. The van der Waals surface area contributed by atoms with Crippen LogP contribution in [0.3, 0.4) is 0 Å². The lowest BCUT2D eigenvalue weighted by molar-refractivity contribution is -0.127. The number of para-hydroxylation sites is 2. The summed E-state index contributed by atoms with van der Waals surface area (Å²) < 4.78 is 11.2. The molecule has 0 aliphatic heterocycles. The van der Waals surface area contributed by atoms with Crippen LogP contribution in [0.1, 0.15) is 0 Å². The first-order valence-corrected chi connectivity index (χ1v) is 9.09. The molecule has 3 rings (SSSR count). The van der Waals surface area contributed by atoms with E-state index in [0.717, 1.165) is 16.8 Å². The van der Waals surface area contributed by atoms with E-state index in [-0.39, 0.29) is 11.7 Å². The van der Waals surface area contributed by atoms with Gasteiger partial charge >= 0.3 is 0 Å². The number of halogens is 1. The van der Waals surface area contributed by atoms with Crippen molar-refractivity contribution in [3.05, 3.63) is 53.6 Å². The minimum atomic E-state index is -0.00744. The summed E-state index contributed by atoms with van der Waals surface area (Å²) in [4.78, 5) is 18.2. The van der Waals surface area contributed by atoms with E-state index in [2.05, 4.69) is 4.98 Å². The predicted molar refractivity (Wildman–Crippen MR) is 99.3 cm³/mol. The first kappa shape index (κ1) is 17.6. The van der Waals surface area contributed by atoms with Crippen molar-refractivity contribution in [2.75, 3.05) is 26.0 Å². The molecule has 130 valence electrons. The van der Waals surface area contributed by atoms with Gasteiger partial charge in [-0.1, -0.05) is 35.5 Å². The minimum Gasteiger partial charge on any atom is -0.492 e. The molecule has 0 saturated carbocycles. The molecule has 0 aliphatic carbocycles. The van der Waals surface area contributed by atoms with Gasteiger partial charge in [0, 0.05) is 12.1 Å². The molecular weight excluding hydrogens is 360 g/mol. The lowest BCUT2D eigenvalue weighted by Crippen LogP contribution is -2.32. The summed E-state index contributed by atoms with van der Waals surface area (Å²) in [5.41, 5.74) is 1.52. The standard InChI is InChI=1S/C18H17ClN2O3S/c1-21(10-11-23-14-8-6-13(19)7-9-14)17(22)12-25-18-20-15-4-2-3-5-16(15)24-18/h2-9H,10-12H2,1H3. The van der Waals surface area contributed by atoms with Crippen LogP contribution >= 0.6 is 23.4 Å². The zero-order chi connectivity index (χ0) is 17.6. The molecule has 7 heteroatoms. The zero-order valence-corrected chi connectivity index (χ0v) is 15.2. The van der Waals surface area contributed by atoms with Crippen molar-refractivity contribution in [2.24, 2.45) is 0 Å². The molecule has 0 saturated heterocycles. The second-order valence-corrected chi connectivity index (χ2v) is 6.72. The van der Waals surface area contributed by atoms with Crippen LogP contribution in [0.15, 0.2) is 58.2 Å². The number of thioether (sulfide) groups is 1. The number of carbonyl (C=O) groups excluding carboxylic acids is 1. The van der Waals surface area contributed by atoms with E-state index in [4.69, 9.17) is 20.8 Å². The summed E-state index contributed by atoms with van der Waals surface area (Å²) in [5, 5.41) is 1.16. The van der Waals surface area contributed by atoms with Gasteiger partial charge in [-0.15, -0.1) is 0 Å². The second kappa shape index (κ2) is 8.27. The van der Waals surface area contributed by atoms with Crippen LogP contribution in [0.25, 0.3) is 11.1 Å². The Labute approximate surface area is 154 Å². The molecule has 1 aromatic heterocycles. The molecule has 0 aliphatic rings. The van der Waals surface area contributed by atoms with E-state index < -0.39 is 0 Å². The molecule has 2 aromatic carbocycles. The van der Waals surface area contributed by atoms with Gasteiger partial charge in [0.05, 0.1) is 12.3 Å². The smallest absolute Gasteiger partial charge is 0.257 e. The van der Waals surface area contributed by atoms with Crippen LogP contribution in [0.2, 0.25) is 5.02 Å². The van der Waals surface area contributed by atoms with Crippen LogP contribution < -0.4 is 4.74 Å². The highest BCUT2D eigenvalue weighted by atomic mass is 35.5. The first-order valence-electron chi connectivity index (χ1n) is 7.72. The molecule has 0 spiro atoms. The summed E-state index contributed by atoms with van der Waals surface area (Å²) in [6.07, 6.45) is 0. The van der Waals surface area contributed by atoms with E-state index in [1.54, 1.807) is 36.2 Å². The Kier molecular flexibility index (Phi) is 5.83. The average Bonchev–Trinajstić information content (AvgIpc) is 3.04. The van der Waals surface area contributed by atoms with E-state index in [9.17, 15) is 4.79 Å². The van der Waals surface area contributed by atoms with Gasteiger partial charge in [0.15, 0.2) is 5.58 Å². The fourth-order valence-electron chi connectivity index (χ4n) is 2.10. The number of hydrogen-bond donors (Lipinski definition) is 0. The second-order valence-electron chi connectivity index (χ2n) is 5.35. The van der Waals surface area contributed by atoms with Gasteiger partial charge in [-0.25, -0.2) is 4.98 Å². The highest BCUT2D eigenvalue weighted by molar-refractivity contribution is 7.99. The Morgan fingerprint density at radius 2 is 2.00 bits per heavy atom.